The third kappa shape index (κ3) is 4.00. The maximum Gasteiger partial charge on any atom is 0.143 e. The highest BCUT2D eigenvalue weighted by Gasteiger charge is 2.30. The fourth-order valence-corrected chi connectivity index (χ4v) is 4.47. The van der Waals surface area contributed by atoms with Crippen molar-refractivity contribution in [2.45, 2.75) is 32.3 Å². The zero-order valence-electron chi connectivity index (χ0n) is 18.8. The van der Waals surface area contributed by atoms with E-state index in [1.807, 2.05) is 48.0 Å². The number of halogens is 1. The average Bonchev–Trinajstić information content (AvgIpc) is 3.29. The van der Waals surface area contributed by atoms with Gasteiger partial charge in [0, 0.05) is 23.2 Å². The quantitative estimate of drug-likeness (QED) is 0.423. The zero-order valence-corrected chi connectivity index (χ0v) is 18.8. The van der Waals surface area contributed by atoms with Gasteiger partial charge >= 0.3 is 0 Å². The van der Waals surface area contributed by atoms with Crippen LogP contribution in [0.1, 0.15) is 41.3 Å². The number of benzene rings is 2. The fraction of sp³-hybridized carbons (Fsp3) is 0.269. The van der Waals surface area contributed by atoms with Gasteiger partial charge in [-0.3, -0.25) is 0 Å². The molecule has 2 atom stereocenters. The summed E-state index contributed by atoms with van der Waals surface area (Å²) in [6, 6.07) is 12.7. The van der Waals surface area contributed by atoms with Crippen LogP contribution in [0.4, 0.5) is 4.39 Å². The van der Waals surface area contributed by atoms with Gasteiger partial charge in [0.1, 0.15) is 17.9 Å². The first-order valence-electron chi connectivity index (χ1n) is 10.9. The number of hydrogen-bond donors (Lipinski definition) is 0. The number of aryl methyl sites for hydroxylation is 1. The molecule has 5 rings (SSSR count). The Morgan fingerprint density at radius 2 is 1.94 bits per heavy atom. The number of hydrogen-bond acceptors (Lipinski definition) is 5. The lowest BCUT2D eigenvalue weighted by molar-refractivity contribution is 0.0832. The second-order valence-corrected chi connectivity index (χ2v) is 8.36. The van der Waals surface area contributed by atoms with E-state index in [1.165, 1.54) is 12.1 Å². The maximum atomic E-state index is 13.4. The van der Waals surface area contributed by atoms with Crippen molar-refractivity contribution in [1.82, 2.24) is 19.5 Å². The van der Waals surface area contributed by atoms with E-state index in [2.05, 4.69) is 21.9 Å². The number of imidazole rings is 1. The Kier molecular flexibility index (Phi) is 5.64. The highest BCUT2D eigenvalue weighted by molar-refractivity contribution is 5.69. The van der Waals surface area contributed by atoms with Crippen molar-refractivity contribution in [3.63, 3.8) is 0 Å². The van der Waals surface area contributed by atoms with Crippen LogP contribution in [-0.4, -0.2) is 33.2 Å². The summed E-state index contributed by atoms with van der Waals surface area (Å²) in [6.07, 6.45) is 5.34. The monoisotopic (exact) mass is 444 g/mol. The predicted octanol–water partition coefficient (Wildman–Crippen LogP) is 5.20. The molecule has 2 unspecified atom stereocenters. The van der Waals surface area contributed by atoms with Crippen LogP contribution in [-0.2, 0) is 11.3 Å². The molecule has 0 N–H and O–H groups in total. The predicted molar refractivity (Wildman–Crippen MR) is 123 cm³/mol. The zero-order chi connectivity index (χ0) is 22.9. The molecular weight excluding hydrogens is 419 g/mol. The molecule has 168 valence electrons. The molecule has 0 fully saturated rings. The molecule has 0 spiro atoms. The lowest BCUT2D eigenvalue weighted by Crippen LogP contribution is -2.24. The molecule has 3 heterocycles. The lowest BCUT2D eigenvalue weighted by Gasteiger charge is -2.30. The van der Waals surface area contributed by atoms with Gasteiger partial charge in [0.15, 0.2) is 0 Å². The van der Waals surface area contributed by atoms with Crippen molar-refractivity contribution in [3.05, 3.63) is 89.6 Å². The Bertz CT molecular complexity index is 1290. The van der Waals surface area contributed by atoms with Crippen molar-refractivity contribution in [3.8, 4) is 22.7 Å². The molecule has 0 saturated heterocycles. The minimum absolute atomic E-state index is 0.0519. The average molecular weight is 445 g/mol. The molecule has 33 heavy (non-hydrogen) atoms. The Morgan fingerprint density at radius 3 is 2.67 bits per heavy atom. The van der Waals surface area contributed by atoms with Crippen molar-refractivity contribution in [1.29, 1.82) is 0 Å². The van der Waals surface area contributed by atoms with Gasteiger partial charge in [0.05, 0.1) is 49.4 Å². The highest BCUT2D eigenvalue weighted by Crippen LogP contribution is 2.40. The van der Waals surface area contributed by atoms with Crippen LogP contribution in [0.5, 0.6) is 5.75 Å². The molecule has 1 aliphatic rings. The topological polar surface area (TPSA) is 62.1 Å². The summed E-state index contributed by atoms with van der Waals surface area (Å²) in [7, 11) is 1.66. The first kappa shape index (κ1) is 21.3. The van der Waals surface area contributed by atoms with Gasteiger partial charge in [-0.25, -0.2) is 19.3 Å². The van der Waals surface area contributed by atoms with Gasteiger partial charge in [-0.15, -0.1) is 0 Å². The van der Waals surface area contributed by atoms with E-state index in [0.717, 1.165) is 45.2 Å². The van der Waals surface area contributed by atoms with Gasteiger partial charge in [-0.1, -0.05) is 25.1 Å². The smallest absolute Gasteiger partial charge is 0.143 e. The van der Waals surface area contributed by atoms with Crippen molar-refractivity contribution < 1.29 is 13.9 Å². The van der Waals surface area contributed by atoms with E-state index in [1.54, 1.807) is 19.8 Å². The Balaban J connectivity index is 1.53. The maximum absolute atomic E-state index is 13.4. The molecule has 0 bridgehead atoms. The van der Waals surface area contributed by atoms with Crippen LogP contribution < -0.4 is 4.74 Å². The third-order valence-corrected chi connectivity index (χ3v) is 6.32. The van der Waals surface area contributed by atoms with Gasteiger partial charge in [-0.05, 0) is 42.7 Å². The Hall–Kier alpha value is -3.58. The second-order valence-electron chi connectivity index (χ2n) is 8.36. The normalized spacial score (nSPS) is 16.3. The highest BCUT2D eigenvalue weighted by atomic mass is 19.1. The summed E-state index contributed by atoms with van der Waals surface area (Å²) in [6.45, 7) is 5.09. The molecule has 4 aromatic rings. The van der Waals surface area contributed by atoms with Crippen LogP contribution >= 0.6 is 0 Å². The van der Waals surface area contributed by atoms with E-state index in [4.69, 9.17) is 9.47 Å². The summed E-state index contributed by atoms with van der Waals surface area (Å²) < 4.78 is 27.0. The molecule has 6 nitrogen and oxygen atoms in total. The largest absolute Gasteiger partial charge is 0.495 e. The van der Waals surface area contributed by atoms with Crippen molar-refractivity contribution in [2.75, 3.05) is 13.7 Å². The van der Waals surface area contributed by atoms with Crippen LogP contribution in [0.15, 0.2) is 61.3 Å². The number of fused-ring (bicyclic) bond motifs is 1. The van der Waals surface area contributed by atoms with Crippen LogP contribution in [0.2, 0.25) is 0 Å². The van der Waals surface area contributed by atoms with Crippen molar-refractivity contribution in [2.24, 2.45) is 0 Å². The summed E-state index contributed by atoms with van der Waals surface area (Å²) in [5.74, 6) is 0.661. The van der Waals surface area contributed by atoms with Gasteiger partial charge in [0.25, 0.3) is 0 Å². The first-order valence-corrected chi connectivity index (χ1v) is 10.9. The van der Waals surface area contributed by atoms with Gasteiger partial charge in [-0.2, -0.15) is 0 Å². The molecule has 0 saturated carbocycles. The van der Waals surface area contributed by atoms with E-state index in [-0.39, 0.29) is 17.7 Å². The number of ether oxygens (including phenoxy) is 2. The lowest BCUT2D eigenvalue weighted by atomic mass is 9.82. The molecule has 1 aliphatic heterocycles. The Labute approximate surface area is 192 Å². The number of nitrogens with zero attached hydrogens (tertiary/aromatic N) is 4. The van der Waals surface area contributed by atoms with Crippen molar-refractivity contribution >= 4 is 0 Å². The van der Waals surface area contributed by atoms with E-state index >= 15 is 0 Å². The fourth-order valence-electron chi connectivity index (χ4n) is 4.47. The van der Waals surface area contributed by atoms with Gasteiger partial charge in [0.2, 0.25) is 0 Å². The molecule has 2 aromatic heterocycles. The molecule has 2 aromatic carbocycles. The molecule has 0 amide bonds. The molecule has 7 heteroatoms. The summed E-state index contributed by atoms with van der Waals surface area (Å²) in [4.78, 5) is 13.6. The summed E-state index contributed by atoms with van der Waals surface area (Å²) in [5.41, 5.74) is 6.63. The van der Waals surface area contributed by atoms with Crippen LogP contribution in [0.25, 0.3) is 16.9 Å². The molecule has 0 aliphatic carbocycles. The molecular formula is C26H25FN4O2. The summed E-state index contributed by atoms with van der Waals surface area (Å²) >= 11 is 0. The first-order chi connectivity index (χ1) is 16.0. The minimum Gasteiger partial charge on any atom is -0.495 e. The SMILES string of the molecule is COc1cc(-c2ncnc3c2COCC3C(C)c2ccc(F)cc2)ccc1-n1cnc(C)c1. The van der Waals surface area contributed by atoms with Crippen LogP contribution in [0.3, 0.4) is 0 Å². The minimum atomic E-state index is -0.237. The third-order valence-electron chi connectivity index (χ3n) is 6.32. The van der Waals surface area contributed by atoms with E-state index in [9.17, 15) is 4.39 Å². The number of methoxy groups -OCH3 is 1. The standard InChI is InChI=1S/C26H25FN4O2/c1-16-11-31(15-30-16)23-9-6-19(10-24(23)32-3)25-22-13-33-12-21(26(22)29-14-28-25)17(2)18-4-7-20(27)8-5-18/h4-11,14-15,17,21H,12-13H2,1-3H3. The van der Waals surface area contributed by atoms with E-state index in [0.29, 0.717) is 13.2 Å². The number of rotatable bonds is 5. The summed E-state index contributed by atoms with van der Waals surface area (Å²) in [5, 5.41) is 0. The van der Waals surface area contributed by atoms with Crippen LogP contribution in [0, 0.1) is 12.7 Å². The van der Waals surface area contributed by atoms with Gasteiger partial charge < -0.3 is 14.0 Å². The molecule has 0 radical (unpaired) electrons. The van der Waals surface area contributed by atoms with E-state index < -0.39 is 0 Å². The second kappa shape index (κ2) is 8.75. The number of aromatic nitrogens is 4. The Morgan fingerprint density at radius 1 is 1.12 bits per heavy atom.